The standard InChI is InChI=1S/C13H6Cl3FN2/c14-8-4-9(12(16)10(15)5-8)13-11(17)3-7(1-2-18)6-19-13/h3-6H,1H2. The Labute approximate surface area is 124 Å². The second-order valence-corrected chi connectivity index (χ2v) is 4.98. The molecule has 1 aromatic heterocycles. The lowest BCUT2D eigenvalue weighted by molar-refractivity contribution is 0.624. The molecular formula is C13H6Cl3FN2. The van der Waals surface area contributed by atoms with Crippen LogP contribution >= 0.6 is 34.8 Å². The van der Waals surface area contributed by atoms with E-state index in [1.807, 2.05) is 6.07 Å². The van der Waals surface area contributed by atoms with Crippen molar-refractivity contribution in [1.82, 2.24) is 4.98 Å². The Morgan fingerprint density at radius 2 is 1.95 bits per heavy atom. The highest BCUT2D eigenvalue weighted by molar-refractivity contribution is 6.45. The molecule has 0 saturated heterocycles. The molecule has 0 atom stereocenters. The molecule has 0 aliphatic heterocycles. The topological polar surface area (TPSA) is 36.7 Å². The van der Waals surface area contributed by atoms with Gasteiger partial charge in [0.25, 0.3) is 0 Å². The van der Waals surface area contributed by atoms with Crippen molar-refractivity contribution in [3.05, 3.63) is 50.8 Å². The lowest BCUT2D eigenvalue weighted by Gasteiger charge is -2.08. The summed E-state index contributed by atoms with van der Waals surface area (Å²) in [5.41, 5.74) is 0.865. The molecule has 1 heterocycles. The summed E-state index contributed by atoms with van der Waals surface area (Å²) in [5.74, 6) is -0.576. The van der Waals surface area contributed by atoms with E-state index in [0.29, 0.717) is 16.1 Å². The molecule has 0 bridgehead atoms. The van der Waals surface area contributed by atoms with E-state index in [2.05, 4.69) is 4.98 Å². The molecule has 6 heteroatoms. The zero-order chi connectivity index (χ0) is 14.0. The van der Waals surface area contributed by atoms with Crippen molar-refractivity contribution in [1.29, 1.82) is 5.26 Å². The Morgan fingerprint density at radius 3 is 2.58 bits per heavy atom. The number of aromatic nitrogens is 1. The fraction of sp³-hybridized carbons (Fsp3) is 0.0769. The van der Waals surface area contributed by atoms with Crippen molar-refractivity contribution in [2.24, 2.45) is 0 Å². The minimum absolute atomic E-state index is 0.0519. The molecule has 2 rings (SSSR count). The predicted octanol–water partition coefficient (Wildman–Crippen LogP) is 4.91. The van der Waals surface area contributed by atoms with Crippen molar-refractivity contribution in [2.75, 3.05) is 0 Å². The SMILES string of the molecule is N#CCc1cnc(-c2cc(Cl)cc(Cl)c2Cl)c(F)c1. The molecule has 2 nitrogen and oxygen atoms in total. The van der Waals surface area contributed by atoms with Crippen LogP contribution in [-0.4, -0.2) is 4.98 Å². The quantitative estimate of drug-likeness (QED) is 0.738. The fourth-order valence-electron chi connectivity index (χ4n) is 1.59. The zero-order valence-corrected chi connectivity index (χ0v) is 11.7. The number of benzene rings is 1. The van der Waals surface area contributed by atoms with Gasteiger partial charge in [-0.05, 0) is 23.8 Å². The Balaban J connectivity index is 2.57. The van der Waals surface area contributed by atoms with E-state index in [9.17, 15) is 4.39 Å². The maximum absolute atomic E-state index is 14.0. The Bertz CT molecular complexity index is 680. The molecular weight excluding hydrogens is 310 g/mol. The molecule has 0 spiro atoms. The van der Waals surface area contributed by atoms with E-state index in [-0.39, 0.29) is 22.2 Å². The molecule has 2 aromatic rings. The summed E-state index contributed by atoms with van der Waals surface area (Å²) in [7, 11) is 0. The van der Waals surface area contributed by atoms with Gasteiger partial charge < -0.3 is 0 Å². The summed E-state index contributed by atoms with van der Waals surface area (Å²) >= 11 is 17.8. The molecule has 0 unspecified atom stereocenters. The summed E-state index contributed by atoms with van der Waals surface area (Å²) < 4.78 is 14.0. The Kier molecular flexibility index (Phi) is 4.26. The second-order valence-electron chi connectivity index (χ2n) is 3.76. The Hall–Kier alpha value is -1.34. The van der Waals surface area contributed by atoms with Crippen molar-refractivity contribution in [3.8, 4) is 17.3 Å². The van der Waals surface area contributed by atoms with Crippen LogP contribution in [0.2, 0.25) is 15.1 Å². The van der Waals surface area contributed by atoms with E-state index in [0.717, 1.165) is 0 Å². The van der Waals surface area contributed by atoms with Crippen LogP contribution in [0.25, 0.3) is 11.3 Å². The van der Waals surface area contributed by atoms with Crippen LogP contribution in [0.4, 0.5) is 4.39 Å². The van der Waals surface area contributed by atoms with E-state index in [4.69, 9.17) is 40.1 Å². The third-order valence-corrected chi connectivity index (χ3v) is 3.45. The first-order valence-electron chi connectivity index (χ1n) is 5.19. The van der Waals surface area contributed by atoms with Gasteiger partial charge in [0, 0.05) is 16.8 Å². The lowest BCUT2D eigenvalue weighted by Crippen LogP contribution is -1.94. The van der Waals surface area contributed by atoms with Gasteiger partial charge in [-0.2, -0.15) is 5.26 Å². The number of halogens is 4. The van der Waals surface area contributed by atoms with Crippen LogP contribution in [-0.2, 0) is 6.42 Å². The third-order valence-electron chi connectivity index (χ3n) is 2.43. The van der Waals surface area contributed by atoms with E-state index >= 15 is 0 Å². The van der Waals surface area contributed by atoms with E-state index < -0.39 is 5.82 Å². The van der Waals surface area contributed by atoms with E-state index in [1.54, 1.807) is 0 Å². The first-order chi connectivity index (χ1) is 9.02. The molecule has 0 aliphatic carbocycles. The van der Waals surface area contributed by atoms with Crippen LogP contribution in [0, 0.1) is 17.1 Å². The number of pyridine rings is 1. The molecule has 96 valence electrons. The first kappa shape index (κ1) is 14.1. The van der Waals surface area contributed by atoms with Gasteiger partial charge in [-0.1, -0.05) is 34.8 Å². The lowest BCUT2D eigenvalue weighted by atomic mass is 10.1. The Morgan fingerprint density at radius 1 is 1.21 bits per heavy atom. The van der Waals surface area contributed by atoms with Crippen molar-refractivity contribution in [3.63, 3.8) is 0 Å². The summed E-state index contributed by atoms with van der Waals surface area (Å²) in [5, 5.41) is 9.31. The van der Waals surface area contributed by atoms with Crippen LogP contribution in [0.5, 0.6) is 0 Å². The average molecular weight is 316 g/mol. The van der Waals surface area contributed by atoms with Crippen molar-refractivity contribution in [2.45, 2.75) is 6.42 Å². The monoisotopic (exact) mass is 314 g/mol. The molecule has 0 amide bonds. The highest BCUT2D eigenvalue weighted by Crippen LogP contribution is 2.36. The third kappa shape index (κ3) is 2.98. The summed E-state index contributed by atoms with van der Waals surface area (Å²) in [6.45, 7) is 0. The smallest absolute Gasteiger partial charge is 0.149 e. The van der Waals surface area contributed by atoms with Gasteiger partial charge in [-0.25, -0.2) is 4.39 Å². The van der Waals surface area contributed by atoms with Gasteiger partial charge in [-0.3, -0.25) is 4.98 Å². The first-order valence-corrected chi connectivity index (χ1v) is 6.32. The fourth-order valence-corrected chi connectivity index (χ4v) is 2.28. The van der Waals surface area contributed by atoms with Crippen LogP contribution in [0.3, 0.4) is 0 Å². The van der Waals surface area contributed by atoms with Crippen LogP contribution in [0.15, 0.2) is 24.4 Å². The second kappa shape index (κ2) is 5.75. The zero-order valence-electron chi connectivity index (χ0n) is 9.42. The molecule has 0 aliphatic rings. The minimum Gasteiger partial charge on any atom is -0.253 e. The van der Waals surface area contributed by atoms with Gasteiger partial charge in [0.2, 0.25) is 0 Å². The number of hydrogen-bond donors (Lipinski definition) is 0. The molecule has 0 fully saturated rings. The average Bonchev–Trinajstić information content (AvgIpc) is 2.35. The number of nitrogens with zero attached hydrogens (tertiary/aromatic N) is 2. The molecule has 1 aromatic carbocycles. The van der Waals surface area contributed by atoms with Crippen molar-refractivity contribution >= 4 is 34.8 Å². The van der Waals surface area contributed by atoms with Crippen molar-refractivity contribution < 1.29 is 4.39 Å². The molecule has 0 saturated carbocycles. The minimum atomic E-state index is -0.576. The maximum Gasteiger partial charge on any atom is 0.149 e. The van der Waals surface area contributed by atoms with E-state index in [1.165, 1.54) is 24.4 Å². The maximum atomic E-state index is 14.0. The highest BCUT2D eigenvalue weighted by Gasteiger charge is 2.14. The predicted molar refractivity (Wildman–Crippen MR) is 74.0 cm³/mol. The molecule has 0 N–H and O–H groups in total. The van der Waals surface area contributed by atoms with Gasteiger partial charge >= 0.3 is 0 Å². The number of rotatable bonds is 2. The summed E-state index contributed by atoms with van der Waals surface area (Å²) in [4.78, 5) is 3.98. The highest BCUT2D eigenvalue weighted by atomic mass is 35.5. The van der Waals surface area contributed by atoms with Gasteiger partial charge in [0.15, 0.2) is 0 Å². The van der Waals surface area contributed by atoms with Gasteiger partial charge in [0.1, 0.15) is 11.5 Å². The normalized spacial score (nSPS) is 10.3. The van der Waals surface area contributed by atoms with Crippen LogP contribution < -0.4 is 0 Å². The number of nitriles is 1. The van der Waals surface area contributed by atoms with Crippen LogP contribution in [0.1, 0.15) is 5.56 Å². The largest absolute Gasteiger partial charge is 0.253 e. The summed E-state index contributed by atoms with van der Waals surface area (Å²) in [6.07, 6.45) is 1.51. The van der Waals surface area contributed by atoms with Gasteiger partial charge in [0.05, 0.1) is 22.5 Å². The molecule has 0 radical (unpaired) electrons. The summed E-state index contributed by atoms with van der Waals surface area (Å²) in [6, 6.07) is 6.13. The number of hydrogen-bond acceptors (Lipinski definition) is 2. The van der Waals surface area contributed by atoms with Gasteiger partial charge in [-0.15, -0.1) is 0 Å². The molecule has 19 heavy (non-hydrogen) atoms.